The van der Waals surface area contributed by atoms with Gasteiger partial charge >= 0.3 is 0 Å². The zero-order chi connectivity index (χ0) is 16.5. The molecule has 0 aliphatic carbocycles. The molecule has 2 rings (SSSR count). The van der Waals surface area contributed by atoms with E-state index in [1.54, 1.807) is 0 Å². The number of amides is 2. The van der Waals surface area contributed by atoms with Gasteiger partial charge in [0, 0.05) is 31.6 Å². The third-order valence-electron chi connectivity index (χ3n) is 4.17. The first kappa shape index (κ1) is 17.5. The largest absolute Gasteiger partial charge is 0.352 e. The molecule has 5 nitrogen and oxygen atoms in total. The van der Waals surface area contributed by atoms with Crippen LogP contribution >= 0.6 is 0 Å². The van der Waals surface area contributed by atoms with Crippen molar-refractivity contribution in [3.63, 3.8) is 0 Å². The van der Waals surface area contributed by atoms with Crippen molar-refractivity contribution in [3.8, 4) is 0 Å². The van der Waals surface area contributed by atoms with E-state index in [1.807, 2.05) is 29.2 Å². The van der Waals surface area contributed by atoms with Crippen LogP contribution in [-0.2, 0) is 16.1 Å². The number of benzene rings is 1. The molecule has 5 heteroatoms. The summed E-state index contributed by atoms with van der Waals surface area (Å²) in [7, 11) is 0. The van der Waals surface area contributed by atoms with Gasteiger partial charge in [-0.2, -0.15) is 0 Å². The van der Waals surface area contributed by atoms with E-state index in [0.717, 1.165) is 56.4 Å². The SMILES string of the molecule is NCCCCCCC(=O)NCc1ccc(N2CCCC2=O)cc1. The zero-order valence-electron chi connectivity index (χ0n) is 13.7. The predicted molar refractivity (Wildman–Crippen MR) is 92.0 cm³/mol. The van der Waals surface area contributed by atoms with Gasteiger partial charge in [0.25, 0.3) is 0 Å². The number of hydrogen-bond donors (Lipinski definition) is 2. The van der Waals surface area contributed by atoms with E-state index < -0.39 is 0 Å². The van der Waals surface area contributed by atoms with Crippen molar-refractivity contribution >= 4 is 17.5 Å². The fraction of sp³-hybridized carbons (Fsp3) is 0.556. The Labute approximate surface area is 138 Å². The monoisotopic (exact) mass is 317 g/mol. The molecule has 0 radical (unpaired) electrons. The fourth-order valence-corrected chi connectivity index (χ4v) is 2.79. The molecule has 126 valence electrons. The summed E-state index contributed by atoms with van der Waals surface area (Å²) >= 11 is 0. The lowest BCUT2D eigenvalue weighted by Gasteiger charge is -2.16. The Bertz CT molecular complexity index is 514. The van der Waals surface area contributed by atoms with Crippen LogP contribution in [0.25, 0.3) is 0 Å². The Kier molecular flexibility index (Phi) is 7.07. The lowest BCUT2D eigenvalue weighted by molar-refractivity contribution is -0.121. The van der Waals surface area contributed by atoms with Gasteiger partial charge in [0.05, 0.1) is 0 Å². The Morgan fingerprint density at radius 3 is 2.52 bits per heavy atom. The van der Waals surface area contributed by atoms with Crippen molar-refractivity contribution < 1.29 is 9.59 Å². The van der Waals surface area contributed by atoms with Gasteiger partial charge in [0.2, 0.25) is 11.8 Å². The summed E-state index contributed by atoms with van der Waals surface area (Å²) in [5, 5.41) is 2.94. The minimum atomic E-state index is 0.0940. The molecule has 1 aromatic rings. The van der Waals surface area contributed by atoms with Crippen molar-refractivity contribution in [3.05, 3.63) is 29.8 Å². The molecule has 0 unspecified atom stereocenters. The van der Waals surface area contributed by atoms with Crippen molar-refractivity contribution in [1.29, 1.82) is 0 Å². The molecule has 1 fully saturated rings. The van der Waals surface area contributed by atoms with Crippen LogP contribution in [0.1, 0.15) is 50.5 Å². The highest BCUT2D eigenvalue weighted by Gasteiger charge is 2.21. The summed E-state index contributed by atoms with van der Waals surface area (Å²) < 4.78 is 0. The van der Waals surface area contributed by atoms with Gasteiger partial charge in [-0.05, 0) is 43.5 Å². The molecule has 0 spiro atoms. The van der Waals surface area contributed by atoms with Crippen LogP contribution in [-0.4, -0.2) is 24.9 Å². The summed E-state index contributed by atoms with van der Waals surface area (Å²) in [4.78, 5) is 25.3. The van der Waals surface area contributed by atoms with Crippen LogP contribution in [0.15, 0.2) is 24.3 Å². The van der Waals surface area contributed by atoms with E-state index in [-0.39, 0.29) is 11.8 Å². The van der Waals surface area contributed by atoms with Crippen molar-refractivity contribution in [2.45, 2.75) is 51.5 Å². The molecule has 1 saturated heterocycles. The van der Waals surface area contributed by atoms with Gasteiger partial charge in [-0.3, -0.25) is 9.59 Å². The summed E-state index contributed by atoms with van der Waals surface area (Å²) in [6.45, 7) is 2.07. The number of carbonyl (C=O) groups is 2. The molecule has 1 aliphatic rings. The predicted octanol–water partition coefficient (Wildman–Crippen LogP) is 2.34. The zero-order valence-corrected chi connectivity index (χ0v) is 13.7. The molecule has 1 heterocycles. The molecular formula is C18H27N3O2. The smallest absolute Gasteiger partial charge is 0.227 e. The minimum Gasteiger partial charge on any atom is -0.352 e. The van der Waals surface area contributed by atoms with E-state index in [0.29, 0.717) is 19.4 Å². The van der Waals surface area contributed by atoms with Crippen LogP contribution in [0.5, 0.6) is 0 Å². The van der Waals surface area contributed by atoms with E-state index >= 15 is 0 Å². The van der Waals surface area contributed by atoms with Gasteiger partial charge in [0.15, 0.2) is 0 Å². The first-order valence-electron chi connectivity index (χ1n) is 8.57. The molecule has 1 aromatic carbocycles. The number of anilines is 1. The third-order valence-corrected chi connectivity index (χ3v) is 4.17. The number of nitrogens with one attached hydrogen (secondary N) is 1. The van der Waals surface area contributed by atoms with Crippen molar-refractivity contribution in [2.75, 3.05) is 18.0 Å². The number of unbranched alkanes of at least 4 members (excludes halogenated alkanes) is 3. The number of hydrogen-bond acceptors (Lipinski definition) is 3. The first-order chi connectivity index (χ1) is 11.2. The maximum Gasteiger partial charge on any atom is 0.227 e. The van der Waals surface area contributed by atoms with E-state index in [2.05, 4.69) is 5.32 Å². The molecule has 2 amide bonds. The maximum atomic E-state index is 11.8. The standard InChI is InChI=1S/C18H27N3O2/c19-12-4-2-1-3-6-17(22)20-14-15-8-10-16(11-9-15)21-13-5-7-18(21)23/h8-11H,1-7,12-14,19H2,(H,20,22). The second-order valence-corrected chi connectivity index (χ2v) is 6.04. The molecule has 0 saturated carbocycles. The number of carbonyl (C=O) groups excluding carboxylic acids is 2. The molecule has 0 atom stereocenters. The second kappa shape index (κ2) is 9.30. The quantitative estimate of drug-likeness (QED) is 0.686. The maximum absolute atomic E-state index is 11.8. The average Bonchev–Trinajstić information content (AvgIpc) is 2.99. The van der Waals surface area contributed by atoms with Crippen LogP contribution in [0.3, 0.4) is 0 Å². The lowest BCUT2D eigenvalue weighted by atomic mass is 10.1. The van der Waals surface area contributed by atoms with E-state index in [9.17, 15) is 9.59 Å². The first-order valence-corrected chi connectivity index (χ1v) is 8.57. The van der Waals surface area contributed by atoms with Crippen LogP contribution in [0, 0.1) is 0 Å². The highest BCUT2D eigenvalue weighted by Crippen LogP contribution is 2.21. The van der Waals surface area contributed by atoms with Crippen LogP contribution in [0.2, 0.25) is 0 Å². The van der Waals surface area contributed by atoms with Gasteiger partial charge in [-0.1, -0.05) is 25.0 Å². The Hall–Kier alpha value is -1.88. The van der Waals surface area contributed by atoms with Crippen LogP contribution in [0.4, 0.5) is 5.69 Å². The average molecular weight is 317 g/mol. The summed E-state index contributed by atoms with van der Waals surface area (Å²) in [6, 6.07) is 7.86. The fourth-order valence-electron chi connectivity index (χ4n) is 2.79. The molecule has 23 heavy (non-hydrogen) atoms. The Morgan fingerprint density at radius 2 is 1.87 bits per heavy atom. The number of nitrogens with zero attached hydrogens (tertiary/aromatic N) is 1. The van der Waals surface area contributed by atoms with Crippen molar-refractivity contribution in [2.24, 2.45) is 5.73 Å². The van der Waals surface area contributed by atoms with E-state index in [1.165, 1.54) is 0 Å². The normalized spacial score (nSPS) is 14.3. The second-order valence-electron chi connectivity index (χ2n) is 6.04. The lowest BCUT2D eigenvalue weighted by Crippen LogP contribution is -2.24. The Morgan fingerprint density at radius 1 is 1.13 bits per heavy atom. The van der Waals surface area contributed by atoms with Gasteiger partial charge in [-0.25, -0.2) is 0 Å². The minimum absolute atomic E-state index is 0.0940. The van der Waals surface area contributed by atoms with Crippen molar-refractivity contribution in [1.82, 2.24) is 5.32 Å². The molecule has 1 aliphatic heterocycles. The number of rotatable bonds is 9. The third kappa shape index (κ3) is 5.67. The summed E-state index contributed by atoms with van der Waals surface area (Å²) in [5.74, 6) is 0.289. The molecular weight excluding hydrogens is 290 g/mol. The molecule has 0 bridgehead atoms. The highest BCUT2D eigenvalue weighted by molar-refractivity contribution is 5.95. The topological polar surface area (TPSA) is 75.4 Å². The highest BCUT2D eigenvalue weighted by atomic mass is 16.2. The van der Waals surface area contributed by atoms with E-state index in [4.69, 9.17) is 5.73 Å². The van der Waals surface area contributed by atoms with Gasteiger partial charge in [-0.15, -0.1) is 0 Å². The summed E-state index contributed by atoms with van der Waals surface area (Å²) in [6.07, 6.45) is 6.26. The van der Waals surface area contributed by atoms with Gasteiger partial charge < -0.3 is 16.0 Å². The molecule has 3 N–H and O–H groups in total. The molecule has 0 aromatic heterocycles. The van der Waals surface area contributed by atoms with Crippen LogP contribution < -0.4 is 16.0 Å². The number of nitrogens with two attached hydrogens (primary N) is 1. The summed E-state index contributed by atoms with van der Waals surface area (Å²) in [5.41, 5.74) is 7.44. The Balaban J connectivity index is 1.69. The van der Waals surface area contributed by atoms with Gasteiger partial charge in [0.1, 0.15) is 0 Å².